The van der Waals surface area contributed by atoms with Crippen molar-refractivity contribution < 1.29 is 14.7 Å². The summed E-state index contributed by atoms with van der Waals surface area (Å²) in [6, 6.07) is 8.14. The number of aryl methyl sites for hydroxylation is 1. The highest BCUT2D eigenvalue weighted by atomic mass is 16.4. The number of hydrogen-bond donors (Lipinski definition) is 2. The molecule has 4 rings (SSSR count). The van der Waals surface area contributed by atoms with E-state index in [1.54, 1.807) is 4.90 Å². The number of amides is 2. The molecule has 5 nitrogen and oxygen atoms in total. The van der Waals surface area contributed by atoms with E-state index in [1.807, 2.05) is 12.1 Å². The molecule has 1 aliphatic heterocycles. The van der Waals surface area contributed by atoms with E-state index in [9.17, 15) is 14.7 Å². The standard InChI is InChI=1S/C20H26N2O3/c1-13-5-2-3-7-16(13)17(14-8-9-14)21-19(25)22-11-15-6-4-10-20(15,12-22)18(23)24/h2-3,5,7,14-15,17H,4,6,8-12H2,1H3,(H,21,25)(H,23,24)/t15-,17?,20+/m0/s1. The minimum Gasteiger partial charge on any atom is -0.481 e. The lowest BCUT2D eigenvalue weighted by Gasteiger charge is -2.26. The van der Waals surface area contributed by atoms with Crippen LogP contribution in [0, 0.1) is 24.2 Å². The first kappa shape index (κ1) is 16.4. The van der Waals surface area contributed by atoms with Crippen molar-refractivity contribution in [1.29, 1.82) is 0 Å². The lowest BCUT2D eigenvalue weighted by Crippen LogP contribution is -2.43. The molecule has 1 unspecified atom stereocenters. The van der Waals surface area contributed by atoms with Gasteiger partial charge in [-0.05, 0) is 55.6 Å². The second kappa shape index (κ2) is 6.04. The van der Waals surface area contributed by atoms with E-state index in [2.05, 4.69) is 24.4 Å². The van der Waals surface area contributed by atoms with E-state index in [-0.39, 0.29) is 18.0 Å². The van der Waals surface area contributed by atoms with Crippen molar-refractivity contribution in [2.75, 3.05) is 13.1 Å². The second-order valence-electron chi connectivity index (χ2n) is 8.05. The predicted molar refractivity (Wildman–Crippen MR) is 94.2 cm³/mol. The van der Waals surface area contributed by atoms with Crippen LogP contribution in [0.5, 0.6) is 0 Å². The number of aliphatic carboxylic acids is 1. The average Bonchev–Trinajstić information content (AvgIpc) is 3.22. The van der Waals surface area contributed by atoms with Crippen LogP contribution in [0.15, 0.2) is 24.3 Å². The van der Waals surface area contributed by atoms with Gasteiger partial charge in [0, 0.05) is 13.1 Å². The van der Waals surface area contributed by atoms with Gasteiger partial charge in [-0.1, -0.05) is 30.7 Å². The molecule has 3 aliphatic rings. The zero-order chi connectivity index (χ0) is 17.6. The lowest BCUT2D eigenvalue weighted by atomic mass is 9.81. The van der Waals surface area contributed by atoms with Crippen molar-refractivity contribution >= 4 is 12.0 Å². The van der Waals surface area contributed by atoms with Gasteiger partial charge in [0.1, 0.15) is 0 Å². The summed E-state index contributed by atoms with van der Waals surface area (Å²) in [6.07, 6.45) is 4.85. The highest BCUT2D eigenvalue weighted by Crippen LogP contribution is 2.49. The van der Waals surface area contributed by atoms with Crippen molar-refractivity contribution in [2.24, 2.45) is 17.3 Å². The summed E-state index contributed by atoms with van der Waals surface area (Å²) in [7, 11) is 0. The minimum absolute atomic E-state index is 0.0370. The summed E-state index contributed by atoms with van der Waals surface area (Å²) in [5.74, 6) is -0.128. The number of fused-ring (bicyclic) bond motifs is 1. The van der Waals surface area contributed by atoms with Gasteiger partial charge in [-0.15, -0.1) is 0 Å². The summed E-state index contributed by atoms with van der Waals surface area (Å²) in [5.41, 5.74) is 1.67. The maximum atomic E-state index is 12.9. The molecule has 2 amide bonds. The van der Waals surface area contributed by atoms with Crippen LogP contribution in [-0.2, 0) is 4.79 Å². The van der Waals surface area contributed by atoms with Crippen molar-refractivity contribution in [3.8, 4) is 0 Å². The first-order chi connectivity index (χ1) is 12.0. The first-order valence-corrected chi connectivity index (χ1v) is 9.35. The zero-order valence-corrected chi connectivity index (χ0v) is 14.7. The van der Waals surface area contributed by atoms with E-state index in [0.717, 1.165) is 25.7 Å². The molecule has 2 N–H and O–H groups in total. The number of carboxylic acid groups (broad SMARTS) is 1. The zero-order valence-electron chi connectivity index (χ0n) is 14.7. The molecule has 5 heteroatoms. The number of carbonyl (C=O) groups excluding carboxylic acids is 1. The summed E-state index contributed by atoms with van der Waals surface area (Å²) >= 11 is 0. The van der Waals surface area contributed by atoms with Gasteiger partial charge in [-0.3, -0.25) is 4.79 Å². The number of hydrogen-bond acceptors (Lipinski definition) is 2. The van der Waals surface area contributed by atoms with Crippen LogP contribution in [0.3, 0.4) is 0 Å². The van der Waals surface area contributed by atoms with Crippen LogP contribution in [0.1, 0.15) is 49.3 Å². The molecule has 2 saturated carbocycles. The van der Waals surface area contributed by atoms with E-state index in [4.69, 9.17) is 0 Å². The van der Waals surface area contributed by atoms with E-state index in [1.165, 1.54) is 11.1 Å². The summed E-state index contributed by atoms with van der Waals surface area (Å²) in [4.78, 5) is 26.5. The quantitative estimate of drug-likeness (QED) is 0.882. The van der Waals surface area contributed by atoms with Crippen LogP contribution < -0.4 is 5.32 Å². The van der Waals surface area contributed by atoms with Crippen molar-refractivity contribution in [1.82, 2.24) is 10.2 Å². The maximum Gasteiger partial charge on any atom is 0.317 e. The first-order valence-electron chi connectivity index (χ1n) is 9.35. The molecular weight excluding hydrogens is 316 g/mol. The molecule has 1 aromatic rings. The third-order valence-electron chi connectivity index (χ3n) is 6.48. The summed E-state index contributed by atoms with van der Waals surface area (Å²) in [5, 5.41) is 12.9. The molecule has 1 aromatic carbocycles. The van der Waals surface area contributed by atoms with Crippen LogP contribution in [0.2, 0.25) is 0 Å². The van der Waals surface area contributed by atoms with E-state index < -0.39 is 11.4 Å². The van der Waals surface area contributed by atoms with Gasteiger partial charge < -0.3 is 15.3 Å². The number of carbonyl (C=O) groups is 2. The Balaban J connectivity index is 1.50. The third-order valence-corrected chi connectivity index (χ3v) is 6.48. The normalized spacial score (nSPS) is 29.3. The molecule has 134 valence electrons. The van der Waals surface area contributed by atoms with E-state index in [0.29, 0.717) is 25.4 Å². The van der Waals surface area contributed by atoms with Crippen LogP contribution in [0.4, 0.5) is 4.79 Å². The number of rotatable bonds is 4. The molecular formula is C20H26N2O3. The fourth-order valence-electron chi connectivity index (χ4n) is 4.83. The Bertz CT molecular complexity index is 700. The highest BCUT2D eigenvalue weighted by molar-refractivity contribution is 5.81. The summed E-state index contributed by atoms with van der Waals surface area (Å²) in [6.45, 7) is 3.00. The fraction of sp³-hybridized carbons (Fsp3) is 0.600. The fourth-order valence-corrected chi connectivity index (χ4v) is 4.83. The van der Waals surface area contributed by atoms with E-state index >= 15 is 0 Å². The molecule has 2 aliphatic carbocycles. The van der Waals surface area contributed by atoms with Crippen molar-refractivity contribution in [3.63, 3.8) is 0 Å². The van der Waals surface area contributed by atoms with Crippen molar-refractivity contribution in [2.45, 2.75) is 45.1 Å². The molecule has 0 bridgehead atoms. The molecule has 3 fully saturated rings. The second-order valence-corrected chi connectivity index (χ2v) is 8.05. The lowest BCUT2D eigenvalue weighted by molar-refractivity contribution is -0.149. The molecule has 0 radical (unpaired) electrons. The van der Waals surface area contributed by atoms with Crippen LogP contribution in [-0.4, -0.2) is 35.1 Å². The van der Waals surface area contributed by atoms with Crippen LogP contribution >= 0.6 is 0 Å². The average molecular weight is 342 g/mol. The van der Waals surface area contributed by atoms with Gasteiger partial charge in [0.05, 0.1) is 11.5 Å². The monoisotopic (exact) mass is 342 g/mol. The number of likely N-dealkylation sites (tertiary alicyclic amines) is 1. The Morgan fingerprint density at radius 3 is 2.68 bits per heavy atom. The number of urea groups is 1. The number of carboxylic acids is 1. The Hall–Kier alpha value is -2.04. The largest absolute Gasteiger partial charge is 0.481 e. The Morgan fingerprint density at radius 2 is 2.04 bits per heavy atom. The van der Waals surface area contributed by atoms with Gasteiger partial charge in [0.25, 0.3) is 0 Å². The van der Waals surface area contributed by atoms with Crippen molar-refractivity contribution in [3.05, 3.63) is 35.4 Å². The van der Waals surface area contributed by atoms with Gasteiger partial charge in [0.15, 0.2) is 0 Å². The third kappa shape index (κ3) is 2.79. The molecule has 1 heterocycles. The predicted octanol–water partition coefficient (Wildman–Crippen LogP) is 3.34. The molecule has 0 aromatic heterocycles. The molecule has 0 spiro atoms. The van der Waals surface area contributed by atoms with Crippen LogP contribution in [0.25, 0.3) is 0 Å². The van der Waals surface area contributed by atoms with Gasteiger partial charge >= 0.3 is 12.0 Å². The molecule has 3 atom stereocenters. The molecule has 25 heavy (non-hydrogen) atoms. The summed E-state index contributed by atoms with van der Waals surface area (Å²) < 4.78 is 0. The van der Waals surface area contributed by atoms with Gasteiger partial charge in [0.2, 0.25) is 0 Å². The van der Waals surface area contributed by atoms with Gasteiger partial charge in [-0.2, -0.15) is 0 Å². The minimum atomic E-state index is -0.733. The Kier molecular flexibility index (Phi) is 3.97. The highest BCUT2D eigenvalue weighted by Gasteiger charge is 2.56. The van der Waals surface area contributed by atoms with Gasteiger partial charge in [-0.25, -0.2) is 4.79 Å². The molecule has 1 saturated heterocycles. The topological polar surface area (TPSA) is 69.6 Å². The SMILES string of the molecule is Cc1ccccc1C(NC(=O)N1C[C@@H]2CCC[C@@]2(C(=O)O)C1)C1CC1. The number of benzene rings is 1. The maximum absolute atomic E-state index is 12.9. The smallest absolute Gasteiger partial charge is 0.317 e. The Morgan fingerprint density at radius 1 is 1.28 bits per heavy atom. The number of nitrogens with zero attached hydrogens (tertiary/aromatic N) is 1. The number of nitrogens with one attached hydrogen (secondary N) is 1. The Labute approximate surface area is 148 Å².